The molecule has 0 heterocycles. The zero-order valence-corrected chi connectivity index (χ0v) is 8.48. The van der Waals surface area contributed by atoms with Crippen LogP contribution in [0.1, 0.15) is 26.7 Å². The third-order valence-electron chi connectivity index (χ3n) is 1.61. The summed E-state index contributed by atoms with van der Waals surface area (Å²) in [5, 5.41) is 17.7. The molecule has 76 valence electrons. The summed E-state index contributed by atoms with van der Waals surface area (Å²) < 4.78 is 0. The van der Waals surface area contributed by atoms with Crippen molar-refractivity contribution in [3.8, 4) is 0 Å². The Labute approximate surface area is 80.6 Å². The average molecular weight is 184 g/mol. The van der Waals surface area contributed by atoms with Crippen LogP contribution in [0.25, 0.3) is 0 Å². The van der Waals surface area contributed by atoms with Crippen molar-refractivity contribution in [3.63, 3.8) is 0 Å². The molecule has 0 aromatic carbocycles. The van der Waals surface area contributed by atoms with Crippen LogP contribution in [0.15, 0.2) is 24.3 Å². The molecule has 13 heavy (non-hydrogen) atoms. The third-order valence-corrected chi connectivity index (χ3v) is 1.61. The summed E-state index contributed by atoms with van der Waals surface area (Å²) in [6, 6.07) is 0. The maximum absolute atomic E-state index is 9.22. The smallest absolute Gasteiger partial charge is 0.0596 e. The molecule has 0 aliphatic carbocycles. The lowest BCUT2D eigenvalue weighted by atomic mass is 10.1. The molecule has 0 bridgehead atoms. The molecule has 1 unspecified atom stereocenters. The maximum Gasteiger partial charge on any atom is 0.0596 e. The van der Waals surface area contributed by atoms with Crippen LogP contribution >= 0.6 is 0 Å². The van der Waals surface area contributed by atoms with E-state index < -0.39 is 6.10 Å². The first kappa shape index (κ1) is 12.4. The van der Waals surface area contributed by atoms with Crippen LogP contribution < -0.4 is 0 Å². The molecule has 0 aliphatic rings. The Hall–Kier alpha value is -0.600. The lowest BCUT2D eigenvalue weighted by Crippen LogP contribution is -2.06. The summed E-state index contributed by atoms with van der Waals surface area (Å²) >= 11 is 0. The lowest BCUT2D eigenvalue weighted by Gasteiger charge is -2.03. The first-order valence-electron chi connectivity index (χ1n) is 4.79. The van der Waals surface area contributed by atoms with Crippen molar-refractivity contribution in [2.75, 3.05) is 6.61 Å². The van der Waals surface area contributed by atoms with Crippen molar-refractivity contribution in [2.45, 2.75) is 32.8 Å². The van der Waals surface area contributed by atoms with Gasteiger partial charge in [-0.1, -0.05) is 38.2 Å². The van der Waals surface area contributed by atoms with E-state index >= 15 is 0 Å². The van der Waals surface area contributed by atoms with E-state index in [0.29, 0.717) is 18.8 Å². The van der Waals surface area contributed by atoms with E-state index in [0.717, 1.165) is 0 Å². The minimum absolute atomic E-state index is 0.0524. The van der Waals surface area contributed by atoms with Crippen molar-refractivity contribution in [2.24, 2.45) is 5.92 Å². The van der Waals surface area contributed by atoms with Gasteiger partial charge in [0.05, 0.1) is 6.10 Å². The molecule has 0 aromatic heterocycles. The molecule has 0 fully saturated rings. The second-order valence-corrected chi connectivity index (χ2v) is 3.46. The molecule has 0 rings (SSSR count). The Bertz CT molecular complexity index is 159. The summed E-state index contributed by atoms with van der Waals surface area (Å²) in [5.74, 6) is 0.562. The van der Waals surface area contributed by atoms with Gasteiger partial charge in [0.15, 0.2) is 0 Å². The molecule has 2 heteroatoms. The molecule has 2 N–H and O–H groups in total. The van der Waals surface area contributed by atoms with Crippen molar-refractivity contribution in [1.29, 1.82) is 0 Å². The molecule has 0 aliphatic heterocycles. The first-order chi connectivity index (χ1) is 6.16. The zero-order valence-electron chi connectivity index (χ0n) is 8.48. The summed E-state index contributed by atoms with van der Waals surface area (Å²) in [5.41, 5.74) is 0. The van der Waals surface area contributed by atoms with Crippen molar-refractivity contribution in [3.05, 3.63) is 24.3 Å². The SMILES string of the molecule is CC(C)C=CC=CCC(O)CCO. The quantitative estimate of drug-likeness (QED) is 0.619. The maximum atomic E-state index is 9.22. The summed E-state index contributed by atoms with van der Waals surface area (Å²) in [4.78, 5) is 0. The Morgan fingerprint density at radius 3 is 2.46 bits per heavy atom. The summed E-state index contributed by atoms with van der Waals surface area (Å²) in [6.07, 6.45) is 8.58. The van der Waals surface area contributed by atoms with E-state index in [4.69, 9.17) is 5.11 Å². The van der Waals surface area contributed by atoms with Crippen LogP contribution in [0.3, 0.4) is 0 Å². The van der Waals surface area contributed by atoms with Gasteiger partial charge < -0.3 is 10.2 Å². The van der Waals surface area contributed by atoms with Crippen LogP contribution in [0, 0.1) is 5.92 Å². The minimum Gasteiger partial charge on any atom is -0.396 e. The number of allylic oxidation sites excluding steroid dienone is 3. The van der Waals surface area contributed by atoms with Crippen molar-refractivity contribution < 1.29 is 10.2 Å². The fourth-order valence-corrected chi connectivity index (χ4v) is 0.867. The van der Waals surface area contributed by atoms with E-state index in [1.54, 1.807) is 0 Å². The van der Waals surface area contributed by atoms with Gasteiger partial charge in [0.25, 0.3) is 0 Å². The van der Waals surface area contributed by atoms with Crippen LogP contribution in [0.2, 0.25) is 0 Å². The number of aliphatic hydroxyl groups is 2. The monoisotopic (exact) mass is 184 g/mol. The Morgan fingerprint density at radius 2 is 1.92 bits per heavy atom. The van der Waals surface area contributed by atoms with Gasteiger partial charge in [-0.25, -0.2) is 0 Å². The van der Waals surface area contributed by atoms with Gasteiger partial charge in [-0.05, 0) is 18.8 Å². The molecular formula is C11H20O2. The van der Waals surface area contributed by atoms with E-state index in [9.17, 15) is 5.11 Å². The van der Waals surface area contributed by atoms with Crippen LogP contribution in [0.4, 0.5) is 0 Å². The number of hydrogen-bond acceptors (Lipinski definition) is 2. The molecule has 0 radical (unpaired) electrons. The molecular weight excluding hydrogens is 164 g/mol. The summed E-state index contributed by atoms with van der Waals surface area (Å²) in [7, 11) is 0. The predicted molar refractivity (Wildman–Crippen MR) is 55.4 cm³/mol. The van der Waals surface area contributed by atoms with Gasteiger partial charge in [0.2, 0.25) is 0 Å². The van der Waals surface area contributed by atoms with E-state index in [-0.39, 0.29) is 6.61 Å². The Kier molecular flexibility index (Phi) is 7.65. The molecule has 0 saturated heterocycles. The largest absolute Gasteiger partial charge is 0.396 e. The molecule has 0 spiro atoms. The number of rotatable bonds is 6. The lowest BCUT2D eigenvalue weighted by molar-refractivity contribution is 0.135. The van der Waals surface area contributed by atoms with Gasteiger partial charge >= 0.3 is 0 Å². The predicted octanol–water partition coefficient (Wildman–Crippen LogP) is 1.89. The number of aliphatic hydroxyl groups excluding tert-OH is 2. The van der Waals surface area contributed by atoms with Crippen molar-refractivity contribution in [1.82, 2.24) is 0 Å². The Morgan fingerprint density at radius 1 is 1.23 bits per heavy atom. The van der Waals surface area contributed by atoms with Gasteiger partial charge in [-0.15, -0.1) is 0 Å². The standard InChI is InChI=1S/C11H20O2/c1-10(2)6-4-3-5-7-11(13)8-9-12/h3-6,10-13H,7-9H2,1-2H3. The van der Waals surface area contributed by atoms with Gasteiger partial charge in [-0.2, -0.15) is 0 Å². The third kappa shape index (κ3) is 9.31. The van der Waals surface area contributed by atoms with E-state index in [1.165, 1.54) is 0 Å². The van der Waals surface area contributed by atoms with Crippen LogP contribution in [-0.2, 0) is 0 Å². The molecule has 0 saturated carbocycles. The highest BCUT2D eigenvalue weighted by atomic mass is 16.3. The molecule has 0 amide bonds. The fraction of sp³-hybridized carbons (Fsp3) is 0.636. The van der Waals surface area contributed by atoms with Crippen LogP contribution in [0.5, 0.6) is 0 Å². The zero-order chi connectivity index (χ0) is 10.1. The molecule has 1 atom stereocenters. The minimum atomic E-state index is -0.409. The average Bonchev–Trinajstić information content (AvgIpc) is 2.03. The topological polar surface area (TPSA) is 40.5 Å². The normalized spacial score (nSPS) is 14.8. The number of hydrogen-bond donors (Lipinski definition) is 2. The second-order valence-electron chi connectivity index (χ2n) is 3.46. The van der Waals surface area contributed by atoms with Gasteiger partial charge in [0.1, 0.15) is 0 Å². The summed E-state index contributed by atoms with van der Waals surface area (Å²) in [6.45, 7) is 4.28. The fourth-order valence-electron chi connectivity index (χ4n) is 0.867. The highest BCUT2D eigenvalue weighted by Gasteiger charge is 1.97. The second kappa shape index (κ2) is 8.02. The van der Waals surface area contributed by atoms with E-state index in [1.807, 2.05) is 18.2 Å². The Balaban J connectivity index is 3.51. The highest BCUT2D eigenvalue weighted by Crippen LogP contribution is 1.99. The molecule has 0 aromatic rings. The van der Waals surface area contributed by atoms with Crippen LogP contribution in [-0.4, -0.2) is 22.9 Å². The van der Waals surface area contributed by atoms with Gasteiger partial charge in [-0.3, -0.25) is 0 Å². The highest BCUT2D eigenvalue weighted by molar-refractivity contribution is 5.03. The van der Waals surface area contributed by atoms with Gasteiger partial charge in [0, 0.05) is 6.61 Å². The van der Waals surface area contributed by atoms with E-state index in [2.05, 4.69) is 19.9 Å². The molecule has 2 nitrogen and oxygen atoms in total. The first-order valence-corrected chi connectivity index (χ1v) is 4.79. The van der Waals surface area contributed by atoms with Crippen molar-refractivity contribution >= 4 is 0 Å².